The van der Waals surface area contributed by atoms with Crippen molar-refractivity contribution in [2.45, 2.75) is 31.3 Å². The quantitative estimate of drug-likeness (QED) is 0.926. The van der Waals surface area contributed by atoms with E-state index < -0.39 is 11.6 Å². The molecule has 1 saturated carbocycles. The Morgan fingerprint density at radius 1 is 1.45 bits per heavy atom. The summed E-state index contributed by atoms with van der Waals surface area (Å²) < 4.78 is 26.4. The van der Waals surface area contributed by atoms with Gasteiger partial charge in [0.2, 0.25) is 5.91 Å². The third kappa shape index (κ3) is 3.58. The minimum Gasteiger partial charge on any atom is -0.350 e. The minimum atomic E-state index is -0.765. The van der Waals surface area contributed by atoms with Crippen LogP contribution in [0.2, 0.25) is 0 Å². The molecule has 1 amide bonds. The van der Waals surface area contributed by atoms with Gasteiger partial charge in [-0.2, -0.15) is 0 Å². The van der Waals surface area contributed by atoms with Crippen LogP contribution in [0, 0.1) is 11.6 Å². The molecule has 0 radical (unpaired) electrons. The van der Waals surface area contributed by atoms with Crippen molar-refractivity contribution in [2.75, 3.05) is 18.1 Å². The molecule has 1 N–H and O–H groups in total. The molecule has 7 heteroatoms. The number of carbonyl (C=O) groups excluding carboxylic acids is 1. The molecule has 1 saturated heterocycles. The lowest BCUT2D eigenvalue weighted by Crippen LogP contribution is -2.33. The van der Waals surface area contributed by atoms with Gasteiger partial charge >= 0.3 is 0 Å². The van der Waals surface area contributed by atoms with Crippen molar-refractivity contribution in [3.8, 4) is 0 Å². The predicted octanol–water partition coefficient (Wildman–Crippen LogP) is 2.86. The highest BCUT2D eigenvalue weighted by Gasteiger charge is 2.31. The molecule has 1 heterocycles. The molecule has 118 valence electrons. The van der Waals surface area contributed by atoms with Crippen molar-refractivity contribution in [1.29, 1.82) is 0 Å². The Kier molecular flexibility index (Phi) is 4.33. The summed E-state index contributed by atoms with van der Waals surface area (Å²) in [6.07, 6.45) is 2.55. The molecule has 1 aliphatic carbocycles. The fraction of sp³-hybridized carbons (Fsp3) is 0.467. The summed E-state index contributed by atoms with van der Waals surface area (Å²) in [6, 6.07) is 3.61. The third-order valence-electron chi connectivity index (χ3n) is 3.72. The first-order valence-corrected chi connectivity index (χ1v) is 8.20. The maximum atomic E-state index is 13.5. The van der Waals surface area contributed by atoms with Crippen LogP contribution in [0.3, 0.4) is 0 Å². The molecule has 1 aromatic carbocycles. The van der Waals surface area contributed by atoms with Gasteiger partial charge in [0.25, 0.3) is 0 Å². The van der Waals surface area contributed by atoms with Crippen LogP contribution in [0.4, 0.5) is 14.5 Å². The Balaban J connectivity index is 1.57. The van der Waals surface area contributed by atoms with Crippen molar-refractivity contribution in [2.24, 2.45) is 4.99 Å². The molecule has 0 spiro atoms. The summed E-state index contributed by atoms with van der Waals surface area (Å²) in [4.78, 5) is 18.7. The maximum Gasteiger partial charge on any atom is 0.226 e. The summed E-state index contributed by atoms with van der Waals surface area (Å²) in [5.41, 5.74) is 0.00609. The van der Waals surface area contributed by atoms with Gasteiger partial charge in [-0.15, -0.1) is 0 Å². The number of nitrogens with one attached hydrogen (secondary N) is 1. The average molecular weight is 325 g/mol. The molecule has 3 rings (SSSR count). The fourth-order valence-corrected chi connectivity index (χ4v) is 3.49. The van der Waals surface area contributed by atoms with Gasteiger partial charge in [-0.3, -0.25) is 9.79 Å². The monoisotopic (exact) mass is 325 g/mol. The van der Waals surface area contributed by atoms with Crippen LogP contribution < -0.4 is 5.32 Å². The van der Waals surface area contributed by atoms with Gasteiger partial charge in [-0.25, -0.2) is 8.78 Å². The summed E-state index contributed by atoms with van der Waals surface area (Å²) in [5.74, 6) is -0.918. The number of benzene rings is 1. The molecule has 0 aromatic heterocycles. The van der Waals surface area contributed by atoms with E-state index in [0.717, 1.165) is 35.9 Å². The summed E-state index contributed by atoms with van der Waals surface area (Å²) in [7, 11) is 1.93. The van der Waals surface area contributed by atoms with Gasteiger partial charge in [0, 0.05) is 31.3 Å². The Hall–Kier alpha value is -1.63. The predicted molar refractivity (Wildman–Crippen MR) is 84.1 cm³/mol. The number of amidine groups is 1. The van der Waals surface area contributed by atoms with Crippen molar-refractivity contribution < 1.29 is 13.6 Å². The highest BCUT2D eigenvalue weighted by atomic mass is 32.2. The zero-order chi connectivity index (χ0) is 15.7. The number of amides is 1. The van der Waals surface area contributed by atoms with Gasteiger partial charge < -0.3 is 10.2 Å². The first-order chi connectivity index (χ1) is 10.5. The number of carbonyl (C=O) groups is 1. The highest BCUT2D eigenvalue weighted by Crippen LogP contribution is 2.30. The summed E-state index contributed by atoms with van der Waals surface area (Å²) in [6.45, 7) is 0. The average Bonchev–Trinajstić information content (AvgIpc) is 3.22. The lowest BCUT2D eigenvalue weighted by atomic mass is 10.2. The van der Waals surface area contributed by atoms with Gasteiger partial charge in [0.05, 0.1) is 11.7 Å². The minimum absolute atomic E-state index is 0.00609. The SMILES string of the molecule is CN1C(=NC2CC2)SCC1CC(=O)Nc1ccc(F)cc1F. The van der Waals surface area contributed by atoms with E-state index in [1.165, 1.54) is 6.07 Å². The molecule has 1 unspecified atom stereocenters. The second-order valence-corrected chi connectivity index (χ2v) is 6.58. The normalized spacial score (nSPS) is 23.1. The number of hydrogen-bond acceptors (Lipinski definition) is 3. The Bertz CT molecular complexity index is 619. The topological polar surface area (TPSA) is 44.7 Å². The molecule has 22 heavy (non-hydrogen) atoms. The first-order valence-electron chi connectivity index (χ1n) is 7.21. The lowest BCUT2D eigenvalue weighted by Gasteiger charge is -2.20. The second kappa shape index (κ2) is 6.24. The van der Waals surface area contributed by atoms with E-state index in [-0.39, 0.29) is 24.1 Å². The fourth-order valence-electron chi connectivity index (χ4n) is 2.23. The van der Waals surface area contributed by atoms with Crippen LogP contribution in [0.15, 0.2) is 23.2 Å². The molecule has 2 aliphatic rings. The van der Waals surface area contributed by atoms with E-state index in [1.807, 2.05) is 11.9 Å². The number of anilines is 1. The van der Waals surface area contributed by atoms with Gasteiger partial charge in [0.1, 0.15) is 11.6 Å². The molecule has 2 fully saturated rings. The molecule has 0 bridgehead atoms. The van der Waals surface area contributed by atoms with Crippen molar-refractivity contribution >= 4 is 28.5 Å². The first kappa shape index (κ1) is 15.3. The molecular weight excluding hydrogens is 308 g/mol. The van der Waals surface area contributed by atoms with E-state index in [1.54, 1.807) is 11.8 Å². The lowest BCUT2D eigenvalue weighted by molar-refractivity contribution is -0.116. The number of rotatable bonds is 4. The Morgan fingerprint density at radius 2 is 2.23 bits per heavy atom. The number of aliphatic imine (C=N–C) groups is 1. The third-order valence-corrected chi connectivity index (χ3v) is 4.92. The Morgan fingerprint density at radius 3 is 2.91 bits per heavy atom. The van der Waals surface area contributed by atoms with E-state index >= 15 is 0 Å². The Labute approximate surface area is 132 Å². The van der Waals surface area contributed by atoms with Gasteiger partial charge in [0.15, 0.2) is 5.17 Å². The van der Waals surface area contributed by atoms with Crippen molar-refractivity contribution in [1.82, 2.24) is 4.90 Å². The van der Waals surface area contributed by atoms with Crippen LogP contribution >= 0.6 is 11.8 Å². The van der Waals surface area contributed by atoms with E-state index in [2.05, 4.69) is 10.3 Å². The zero-order valence-electron chi connectivity index (χ0n) is 12.2. The number of nitrogens with zero attached hydrogens (tertiary/aromatic N) is 2. The van der Waals surface area contributed by atoms with Crippen LogP contribution in [0.1, 0.15) is 19.3 Å². The van der Waals surface area contributed by atoms with Crippen LogP contribution in [-0.4, -0.2) is 40.9 Å². The van der Waals surface area contributed by atoms with Gasteiger partial charge in [-0.05, 0) is 25.0 Å². The molecule has 1 aliphatic heterocycles. The number of thioether (sulfide) groups is 1. The smallest absolute Gasteiger partial charge is 0.226 e. The largest absolute Gasteiger partial charge is 0.350 e. The standard InChI is InChI=1S/C15H17F2N3OS/c1-20-11(8-22-15(20)18-10-3-4-10)7-14(21)19-13-5-2-9(16)6-12(13)17/h2,5-6,10-11H,3-4,7-8H2,1H3,(H,19,21). The number of hydrogen-bond donors (Lipinski definition) is 1. The van der Waals surface area contributed by atoms with Gasteiger partial charge in [-0.1, -0.05) is 11.8 Å². The maximum absolute atomic E-state index is 13.5. The van der Waals surface area contributed by atoms with E-state index in [9.17, 15) is 13.6 Å². The van der Waals surface area contributed by atoms with Crippen LogP contribution in [0.25, 0.3) is 0 Å². The van der Waals surface area contributed by atoms with E-state index in [0.29, 0.717) is 6.04 Å². The second-order valence-electron chi connectivity index (χ2n) is 5.60. The molecule has 1 aromatic rings. The van der Waals surface area contributed by atoms with Crippen LogP contribution in [0.5, 0.6) is 0 Å². The zero-order valence-corrected chi connectivity index (χ0v) is 13.0. The number of halogens is 2. The summed E-state index contributed by atoms with van der Waals surface area (Å²) >= 11 is 1.65. The highest BCUT2D eigenvalue weighted by molar-refractivity contribution is 8.14. The van der Waals surface area contributed by atoms with Crippen molar-refractivity contribution in [3.05, 3.63) is 29.8 Å². The molecule has 1 atom stereocenters. The van der Waals surface area contributed by atoms with Crippen molar-refractivity contribution in [3.63, 3.8) is 0 Å². The summed E-state index contributed by atoms with van der Waals surface area (Å²) in [5, 5.41) is 3.48. The molecular formula is C15H17F2N3OS. The molecule has 4 nitrogen and oxygen atoms in total. The van der Waals surface area contributed by atoms with E-state index in [4.69, 9.17) is 0 Å². The van der Waals surface area contributed by atoms with Crippen LogP contribution in [-0.2, 0) is 4.79 Å².